The smallest absolute Gasteiger partial charge is 0.227 e. The molecule has 1 aromatic heterocycles. The van der Waals surface area contributed by atoms with Gasteiger partial charge >= 0.3 is 0 Å². The average molecular weight is 592 g/mol. The zero-order valence-electron chi connectivity index (χ0n) is 23.0. The van der Waals surface area contributed by atoms with Gasteiger partial charge in [-0.25, -0.2) is 4.98 Å². The molecule has 0 saturated carbocycles. The van der Waals surface area contributed by atoms with Crippen molar-refractivity contribution >= 4 is 64.1 Å². The van der Waals surface area contributed by atoms with Gasteiger partial charge in [0.25, 0.3) is 0 Å². The van der Waals surface area contributed by atoms with E-state index in [0.29, 0.717) is 25.9 Å². The molecule has 0 aliphatic rings. The van der Waals surface area contributed by atoms with Gasteiger partial charge in [-0.2, -0.15) is 0 Å². The van der Waals surface area contributed by atoms with E-state index in [2.05, 4.69) is 34.9 Å². The Labute approximate surface area is 252 Å². The molecule has 5 N–H and O–H groups in total. The Morgan fingerprint density at radius 2 is 1.68 bits per heavy atom. The highest BCUT2D eigenvalue weighted by Crippen LogP contribution is 2.27. The maximum Gasteiger partial charge on any atom is 0.227 e. The Balaban J connectivity index is 0.00000231. The van der Waals surface area contributed by atoms with E-state index in [1.165, 1.54) is 5.56 Å². The number of nitrogens with one attached hydrogen (secondary N) is 1. The Bertz CT molecular complexity index is 1640. The van der Waals surface area contributed by atoms with Crippen molar-refractivity contribution in [1.29, 1.82) is 5.41 Å². The third-order valence-corrected chi connectivity index (χ3v) is 7.28. The molecule has 0 aliphatic heterocycles. The van der Waals surface area contributed by atoms with E-state index in [4.69, 9.17) is 21.9 Å². The number of carbonyl (C=O) groups excluding carboxylic acids is 1. The first-order chi connectivity index (χ1) is 18.9. The summed E-state index contributed by atoms with van der Waals surface area (Å²) in [4.78, 5) is 20.2. The molecule has 4 aromatic carbocycles. The number of aromatic nitrogens is 2. The van der Waals surface area contributed by atoms with Crippen LogP contribution in [-0.4, -0.2) is 27.8 Å². The molecule has 0 aliphatic carbocycles. The first-order valence-electron chi connectivity index (χ1n) is 13.3. The minimum atomic E-state index is 0. The summed E-state index contributed by atoms with van der Waals surface area (Å²) in [6.07, 6.45) is 2.64. The third-order valence-electron chi connectivity index (χ3n) is 7.28. The number of anilines is 1. The Morgan fingerprint density at radius 3 is 2.41 bits per heavy atom. The molecule has 7 nitrogen and oxygen atoms in total. The van der Waals surface area contributed by atoms with Crippen molar-refractivity contribution in [2.45, 2.75) is 32.2 Å². The van der Waals surface area contributed by atoms with Gasteiger partial charge in [-0.1, -0.05) is 66.7 Å². The van der Waals surface area contributed by atoms with Crippen molar-refractivity contribution in [1.82, 2.24) is 9.55 Å². The van der Waals surface area contributed by atoms with Crippen LogP contribution in [0.2, 0.25) is 0 Å². The van der Waals surface area contributed by atoms with Gasteiger partial charge in [-0.3, -0.25) is 10.2 Å². The molecule has 1 amide bonds. The first-order valence-corrected chi connectivity index (χ1v) is 13.3. The lowest BCUT2D eigenvalue weighted by molar-refractivity contribution is -0.118. The van der Waals surface area contributed by atoms with Crippen LogP contribution in [0.1, 0.15) is 35.4 Å². The van der Waals surface area contributed by atoms with Crippen molar-refractivity contribution in [2.24, 2.45) is 18.5 Å². The van der Waals surface area contributed by atoms with Gasteiger partial charge in [0.05, 0.1) is 17.6 Å². The fourth-order valence-corrected chi connectivity index (χ4v) is 5.05. The zero-order valence-corrected chi connectivity index (χ0v) is 24.7. The molecule has 41 heavy (non-hydrogen) atoms. The van der Waals surface area contributed by atoms with Crippen LogP contribution in [0.25, 0.3) is 21.8 Å². The van der Waals surface area contributed by atoms with E-state index >= 15 is 0 Å². The number of hydrogen-bond donors (Lipinski definition) is 3. The summed E-state index contributed by atoms with van der Waals surface area (Å²) in [6.45, 7) is 0.959. The first kappa shape index (κ1) is 31.6. The number of carbonyl (C=O) groups is 1. The van der Waals surface area contributed by atoms with E-state index in [-0.39, 0.29) is 36.6 Å². The largest absolute Gasteiger partial charge is 0.384 e. The normalized spacial score (nSPS) is 10.7. The van der Waals surface area contributed by atoms with Crippen LogP contribution in [0.4, 0.5) is 5.69 Å². The number of nitrogen functional groups attached to an aromatic ring is 1. The summed E-state index contributed by atoms with van der Waals surface area (Å²) < 4.78 is 2.12. The Morgan fingerprint density at radius 1 is 0.951 bits per heavy atom. The molecule has 0 fully saturated rings. The lowest BCUT2D eigenvalue weighted by Crippen LogP contribution is -2.30. The second-order valence-corrected chi connectivity index (χ2v) is 9.88. The molecule has 5 rings (SSSR count). The molecule has 0 spiro atoms. The minimum Gasteiger partial charge on any atom is -0.384 e. The Hall–Kier alpha value is -3.91. The van der Waals surface area contributed by atoms with Gasteiger partial charge in [0.15, 0.2) is 0 Å². The van der Waals surface area contributed by atoms with Gasteiger partial charge in [-0.15, -0.1) is 24.8 Å². The summed E-state index contributed by atoms with van der Waals surface area (Å²) in [5.41, 5.74) is 17.0. The number of hydrogen-bond acceptors (Lipinski definition) is 4. The van der Waals surface area contributed by atoms with Crippen LogP contribution in [-0.2, 0) is 31.2 Å². The van der Waals surface area contributed by atoms with Crippen LogP contribution in [0.5, 0.6) is 0 Å². The SMILES string of the molecule is Cl.Cl.Cn1c(CCc2ccc(C(=N)N)cc2)nc2cc(N(Cc3cccc4ccccc34)C(=O)CCCN)ccc21. The van der Waals surface area contributed by atoms with Crippen LogP contribution < -0.4 is 16.4 Å². The lowest BCUT2D eigenvalue weighted by atomic mass is 10.0. The summed E-state index contributed by atoms with van der Waals surface area (Å²) in [5.74, 6) is 1.11. The molecule has 0 atom stereocenters. The maximum absolute atomic E-state index is 13.4. The molecule has 0 bridgehead atoms. The molecule has 214 valence electrons. The fourth-order valence-electron chi connectivity index (χ4n) is 5.05. The molecule has 0 saturated heterocycles. The molecular weight excluding hydrogens is 555 g/mol. The average Bonchev–Trinajstić information content (AvgIpc) is 3.28. The number of halogens is 2. The highest BCUT2D eigenvalue weighted by Gasteiger charge is 2.19. The maximum atomic E-state index is 13.4. The van der Waals surface area contributed by atoms with E-state index < -0.39 is 0 Å². The second-order valence-electron chi connectivity index (χ2n) is 9.88. The van der Waals surface area contributed by atoms with Crippen molar-refractivity contribution in [3.63, 3.8) is 0 Å². The van der Waals surface area contributed by atoms with Crippen LogP contribution in [0.15, 0.2) is 84.9 Å². The highest BCUT2D eigenvalue weighted by molar-refractivity contribution is 5.97. The summed E-state index contributed by atoms with van der Waals surface area (Å²) in [5, 5.41) is 9.88. The van der Waals surface area contributed by atoms with Gasteiger partial charge < -0.3 is 20.9 Å². The number of amidine groups is 1. The number of imidazole rings is 1. The third kappa shape index (κ3) is 7.06. The lowest BCUT2D eigenvalue weighted by Gasteiger charge is -2.24. The van der Waals surface area contributed by atoms with E-state index in [1.54, 1.807) is 0 Å². The monoisotopic (exact) mass is 590 g/mol. The quantitative estimate of drug-likeness (QED) is 0.138. The molecule has 0 unspecified atom stereocenters. The summed E-state index contributed by atoms with van der Waals surface area (Å²) in [6, 6.07) is 28.4. The zero-order chi connectivity index (χ0) is 27.4. The predicted molar refractivity (Wildman–Crippen MR) is 174 cm³/mol. The van der Waals surface area contributed by atoms with E-state index in [9.17, 15) is 4.79 Å². The van der Waals surface area contributed by atoms with E-state index in [1.807, 2.05) is 66.5 Å². The van der Waals surface area contributed by atoms with E-state index in [0.717, 1.165) is 57.3 Å². The molecule has 1 heterocycles. The highest BCUT2D eigenvalue weighted by atomic mass is 35.5. The number of nitrogens with two attached hydrogens (primary N) is 2. The number of nitrogens with zero attached hydrogens (tertiary/aromatic N) is 3. The standard InChI is InChI=1S/C32H34N6O.2ClH/c1-37-29-17-16-26(20-28(29)36-30(37)18-13-22-11-14-24(15-12-22)32(34)35)38(31(39)10-5-19-33)21-25-8-4-7-23-6-2-3-9-27(23)25;;/h2-4,6-9,11-12,14-17,20H,5,10,13,18-19,21,33H2,1H3,(H3,34,35);2*1H. The molecule has 5 aromatic rings. The predicted octanol–water partition coefficient (Wildman–Crippen LogP) is 5.91. The topological polar surface area (TPSA) is 114 Å². The fraction of sp³-hybridized carbons (Fsp3) is 0.219. The number of benzene rings is 4. The number of rotatable bonds is 10. The second kappa shape index (κ2) is 14.1. The van der Waals surface area contributed by atoms with Crippen LogP contribution >= 0.6 is 24.8 Å². The number of amides is 1. The van der Waals surface area contributed by atoms with Crippen molar-refractivity contribution < 1.29 is 4.79 Å². The molecular formula is C32H36Cl2N6O. The summed E-state index contributed by atoms with van der Waals surface area (Å²) in [7, 11) is 2.03. The Kier molecular flexibility index (Phi) is 10.9. The van der Waals surface area contributed by atoms with Gasteiger partial charge in [-0.05, 0) is 59.5 Å². The van der Waals surface area contributed by atoms with Gasteiger partial charge in [0.1, 0.15) is 11.7 Å². The van der Waals surface area contributed by atoms with Crippen molar-refractivity contribution in [3.8, 4) is 0 Å². The molecule has 0 radical (unpaired) electrons. The number of fused-ring (bicyclic) bond motifs is 2. The van der Waals surface area contributed by atoms with Crippen molar-refractivity contribution in [2.75, 3.05) is 11.4 Å². The van der Waals surface area contributed by atoms with Crippen LogP contribution in [0.3, 0.4) is 0 Å². The van der Waals surface area contributed by atoms with Crippen molar-refractivity contribution in [3.05, 3.63) is 107 Å². The van der Waals surface area contributed by atoms with Gasteiger partial charge in [0.2, 0.25) is 5.91 Å². The number of aryl methyl sites for hydroxylation is 3. The molecule has 9 heteroatoms. The van der Waals surface area contributed by atoms with Gasteiger partial charge in [0, 0.05) is 31.1 Å². The minimum absolute atomic E-state index is 0. The summed E-state index contributed by atoms with van der Waals surface area (Å²) >= 11 is 0. The van der Waals surface area contributed by atoms with Crippen LogP contribution in [0, 0.1) is 5.41 Å².